The van der Waals surface area contributed by atoms with E-state index in [1.165, 1.54) is 0 Å². The third kappa shape index (κ3) is 3.69. The molecule has 2 aromatic rings. The minimum atomic E-state index is -4.39. The number of hydrogen-bond acceptors (Lipinski definition) is 4. The Morgan fingerprint density at radius 3 is 2.63 bits per heavy atom. The number of hydrogen-bond donors (Lipinski definition) is 1. The van der Waals surface area contributed by atoms with Crippen molar-refractivity contribution in [2.24, 2.45) is 0 Å². The summed E-state index contributed by atoms with van der Waals surface area (Å²) in [6.45, 7) is 1.82. The molecule has 0 saturated heterocycles. The SMILES string of the molecule is Cc1nc(CNc2cc(Br)cc(C(F)(F)F)c2)no1. The maximum Gasteiger partial charge on any atom is 0.416 e. The first kappa shape index (κ1) is 13.9. The molecule has 0 spiro atoms. The van der Waals surface area contributed by atoms with Crippen molar-refractivity contribution < 1.29 is 17.7 Å². The first-order valence-electron chi connectivity index (χ1n) is 5.25. The summed E-state index contributed by atoms with van der Waals surface area (Å²) in [6.07, 6.45) is -4.39. The van der Waals surface area contributed by atoms with Gasteiger partial charge >= 0.3 is 6.18 Å². The minimum Gasteiger partial charge on any atom is -0.378 e. The monoisotopic (exact) mass is 335 g/mol. The van der Waals surface area contributed by atoms with Crippen LogP contribution in [0.2, 0.25) is 0 Å². The number of anilines is 1. The van der Waals surface area contributed by atoms with Gasteiger partial charge in [0, 0.05) is 17.1 Å². The largest absolute Gasteiger partial charge is 0.416 e. The summed E-state index contributed by atoms with van der Waals surface area (Å²) in [5.41, 5.74) is -0.405. The Balaban J connectivity index is 2.14. The third-order valence-corrected chi connectivity index (χ3v) is 2.70. The molecule has 0 fully saturated rings. The van der Waals surface area contributed by atoms with Gasteiger partial charge < -0.3 is 9.84 Å². The van der Waals surface area contributed by atoms with E-state index < -0.39 is 11.7 Å². The van der Waals surface area contributed by atoms with Crippen LogP contribution in [0, 0.1) is 6.92 Å². The number of rotatable bonds is 3. The molecule has 0 aliphatic heterocycles. The lowest BCUT2D eigenvalue weighted by Gasteiger charge is -2.10. The average Bonchev–Trinajstić information content (AvgIpc) is 2.71. The van der Waals surface area contributed by atoms with E-state index in [9.17, 15) is 13.2 Å². The van der Waals surface area contributed by atoms with Crippen molar-refractivity contribution in [1.29, 1.82) is 0 Å². The number of nitrogens with one attached hydrogen (secondary N) is 1. The van der Waals surface area contributed by atoms with Crippen LogP contribution in [0.25, 0.3) is 0 Å². The molecule has 2 rings (SSSR count). The first-order valence-corrected chi connectivity index (χ1v) is 6.05. The summed E-state index contributed by atoms with van der Waals surface area (Å²) in [7, 11) is 0. The number of aryl methyl sites for hydroxylation is 1. The summed E-state index contributed by atoms with van der Waals surface area (Å²) < 4.78 is 43.0. The Bertz CT molecular complexity index is 583. The molecule has 1 aromatic carbocycles. The normalized spacial score (nSPS) is 11.6. The van der Waals surface area contributed by atoms with Crippen LogP contribution in [-0.4, -0.2) is 10.1 Å². The number of halogens is 4. The zero-order valence-electron chi connectivity index (χ0n) is 9.75. The topological polar surface area (TPSA) is 51.0 Å². The second-order valence-corrected chi connectivity index (χ2v) is 4.73. The summed E-state index contributed by atoms with van der Waals surface area (Å²) in [6, 6.07) is 3.59. The highest BCUT2D eigenvalue weighted by Crippen LogP contribution is 2.33. The van der Waals surface area contributed by atoms with E-state index in [1.54, 1.807) is 13.0 Å². The average molecular weight is 336 g/mol. The summed E-state index contributed by atoms with van der Waals surface area (Å²) in [5, 5.41) is 6.45. The van der Waals surface area contributed by atoms with Crippen molar-refractivity contribution in [2.75, 3.05) is 5.32 Å². The lowest BCUT2D eigenvalue weighted by molar-refractivity contribution is -0.137. The van der Waals surface area contributed by atoms with Crippen molar-refractivity contribution in [3.8, 4) is 0 Å². The lowest BCUT2D eigenvalue weighted by atomic mass is 10.2. The van der Waals surface area contributed by atoms with Crippen LogP contribution in [0.5, 0.6) is 0 Å². The maximum absolute atomic E-state index is 12.6. The molecule has 0 amide bonds. The summed E-state index contributed by atoms with van der Waals surface area (Å²) in [4.78, 5) is 3.95. The molecular weight excluding hydrogens is 327 g/mol. The van der Waals surface area contributed by atoms with Crippen molar-refractivity contribution in [3.05, 3.63) is 40.0 Å². The first-order chi connectivity index (χ1) is 8.84. The van der Waals surface area contributed by atoms with Gasteiger partial charge in [0.1, 0.15) is 0 Å². The van der Waals surface area contributed by atoms with Gasteiger partial charge in [-0.25, -0.2) is 0 Å². The second kappa shape index (κ2) is 5.20. The quantitative estimate of drug-likeness (QED) is 0.927. The molecular formula is C11H9BrF3N3O. The minimum absolute atomic E-state index is 0.186. The van der Waals surface area contributed by atoms with E-state index in [0.29, 0.717) is 21.9 Å². The number of alkyl halides is 3. The van der Waals surface area contributed by atoms with E-state index in [1.807, 2.05) is 0 Å². The Morgan fingerprint density at radius 1 is 1.32 bits per heavy atom. The molecule has 4 nitrogen and oxygen atoms in total. The zero-order valence-corrected chi connectivity index (χ0v) is 11.3. The van der Waals surface area contributed by atoms with Gasteiger partial charge in [-0.15, -0.1) is 0 Å². The Hall–Kier alpha value is -1.57. The molecule has 0 atom stereocenters. The fraction of sp³-hybridized carbons (Fsp3) is 0.273. The van der Waals surface area contributed by atoms with Gasteiger partial charge in [0.15, 0.2) is 5.82 Å². The smallest absolute Gasteiger partial charge is 0.378 e. The molecule has 0 unspecified atom stereocenters. The van der Waals surface area contributed by atoms with E-state index in [4.69, 9.17) is 4.52 Å². The van der Waals surface area contributed by atoms with Gasteiger partial charge in [0.2, 0.25) is 5.89 Å². The van der Waals surface area contributed by atoms with Gasteiger partial charge in [0.05, 0.1) is 12.1 Å². The third-order valence-electron chi connectivity index (χ3n) is 2.25. The fourth-order valence-corrected chi connectivity index (χ4v) is 1.94. The molecule has 0 bridgehead atoms. The van der Waals surface area contributed by atoms with Gasteiger partial charge in [-0.2, -0.15) is 18.2 Å². The molecule has 0 radical (unpaired) electrons. The second-order valence-electron chi connectivity index (χ2n) is 3.81. The van der Waals surface area contributed by atoms with E-state index >= 15 is 0 Å². The Labute approximate surface area is 115 Å². The summed E-state index contributed by atoms with van der Waals surface area (Å²) in [5.74, 6) is 0.785. The fourth-order valence-electron chi connectivity index (χ4n) is 1.45. The molecule has 8 heteroatoms. The van der Waals surface area contributed by atoms with Crippen LogP contribution in [0.1, 0.15) is 17.3 Å². The van der Waals surface area contributed by atoms with Gasteiger partial charge in [-0.05, 0) is 18.2 Å². The van der Waals surface area contributed by atoms with Crippen molar-refractivity contribution in [1.82, 2.24) is 10.1 Å². The van der Waals surface area contributed by atoms with Crippen LogP contribution in [-0.2, 0) is 12.7 Å². The number of nitrogens with zero attached hydrogens (tertiary/aromatic N) is 2. The molecule has 1 aromatic heterocycles. The summed E-state index contributed by atoms with van der Waals surface area (Å²) >= 11 is 3.05. The molecule has 1 heterocycles. The Morgan fingerprint density at radius 2 is 2.05 bits per heavy atom. The van der Waals surface area contributed by atoms with Crippen LogP contribution >= 0.6 is 15.9 Å². The number of aromatic nitrogens is 2. The van der Waals surface area contributed by atoms with Crippen LogP contribution in [0.4, 0.5) is 18.9 Å². The standard InChI is InChI=1S/C11H9BrF3N3O/c1-6-17-10(18-19-6)5-16-9-3-7(11(13,14)15)2-8(12)4-9/h2-4,16H,5H2,1H3. The number of benzene rings is 1. The zero-order chi connectivity index (χ0) is 14.0. The van der Waals surface area contributed by atoms with Gasteiger partial charge in [-0.3, -0.25) is 0 Å². The molecule has 1 N–H and O–H groups in total. The highest BCUT2D eigenvalue weighted by Gasteiger charge is 2.31. The van der Waals surface area contributed by atoms with Crippen LogP contribution in [0.3, 0.4) is 0 Å². The van der Waals surface area contributed by atoms with E-state index in [2.05, 4.69) is 31.4 Å². The maximum atomic E-state index is 12.6. The van der Waals surface area contributed by atoms with Crippen LogP contribution < -0.4 is 5.32 Å². The highest BCUT2D eigenvalue weighted by atomic mass is 79.9. The molecule has 102 valence electrons. The lowest BCUT2D eigenvalue weighted by Crippen LogP contribution is -2.07. The Kier molecular flexibility index (Phi) is 3.79. The van der Waals surface area contributed by atoms with Gasteiger partial charge in [-0.1, -0.05) is 21.1 Å². The molecule has 0 aliphatic rings. The van der Waals surface area contributed by atoms with E-state index in [0.717, 1.165) is 12.1 Å². The van der Waals surface area contributed by atoms with Crippen molar-refractivity contribution >= 4 is 21.6 Å². The molecule has 0 saturated carbocycles. The molecule has 19 heavy (non-hydrogen) atoms. The van der Waals surface area contributed by atoms with Crippen molar-refractivity contribution in [2.45, 2.75) is 19.6 Å². The predicted octanol–water partition coefficient (Wildman–Crippen LogP) is 3.77. The molecule has 0 aliphatic carbocycles. The van der Waals surface area contributed by atoms with Crippen LogP contribution in [0.15, 0.2) is 27.2 Å². The van der Waals surface area contributed by atoms with Crippen molar-refractivity contribution in [3.63, 3.8) is 0 Å². The van der Waals surface area contributed by atoms with Gasteiger partial charge in [0.25, 0.3) is 0 Å². The predicted molar refractivity (Wildman–Crippen MR) is 65.5 cm³/mol. The van der Waals surface area contributed by atoms with E-state index in [-0.39, 0.29) is 6.54 Å². The highest BCUT2D eigenvalue weighted by molar-refractivity contribution is 9.10.